The third-order valence-corrected chi connectivity index (χ3v) is 10.8. The van der Waals surface area contributed by atoms with Gasteiger partial charge in [-0.05, 0) is 45.6 Å². The molecule has 278 valence electrons. The second-order valence-electron chi connectivity index (χ2n) is 15.4. The third kappa shape index (κ3) is 7.98. The monoisotopic (exact) mass is 709 g/mol. The highest BCUT2D eigenvalue weighted by molar-refractivity contribution is 5.93. The van der Waals surface area contributed by atoms with Gasteiger partial charge in [-0.3, -0.25) is 19.3 Å². The zero-order valence-electron chi connectivity index (χ0n) is 29.2. The van der Waals surface area contributed by atoms with Gasteiger partial charge in [-0.25, -0.2) is 4.79 Å². The van der Waals surface area contributed by atoms with Crippen LogP contribution in [0.15, 0.2) is 24.3 Å². The van der Waals surface area contributed by atoms with Crippen LogP contribution in [0.2, 0.25) is 0 Å². The van der Waals surface area contributed by atoms with Crippen molar-refractivity contribution in [2.75, 3.05) is 32.8 Å². The molecule has 0 radical (unpaired) electrons. The number of hydrogen-bond donors (Lipinski definition) is 4. The lowest BCUT2D eigenvalue weighted by Gasteiger charge is -2.45. The Bertz CT molecular complexity index is 1430. The van der Waals surface area contributed by atoms with E-state index in [1.54, 1.807) is 33.8 Å². The Morgan fingerprint density at radius 3 is 2.38 bits per heavy atom. The van der Waals surface area contributed by atoms with Gasteiger partial charge in [0.25, 0.3) is 0 Å². The maximum atomic E-state index is 14.7. The Hall–Kier alpha value is -3.59. The highest BCUT2D eigenvalue weighted by Gasteiger charge is 2.62. The van der Waals surface area contributed by atoms with Crippen LogP contribution in [0.3, 0.4) is 0 Å². The summed E-state index contributed by atoms with van der Waals surface area (Å²) in [5, 5.41) is 26.4. The molecule has 0 spiro atoms. The van der Waals surface area contributed by atoms with Gasteiger partial charge in [0.05, 0.1) is 18.6 Å². The fraction of sp³-hybridized carbons (Fsp3) is 0.714. The van der Waals surface area contributed by atoms with Crippen LogP contribution < -0.4 is 15.4 Å². The number of nitrogens with zero attached hydrogens (tertiary/aromatic N) is 3. The van der Waals surface area contributed by atoms with Crippen molar-refractivity contribution in [3.63, 3.8) is 0 Å². The second-order valence-corrected chi connectivity index (χ2v) is 15.4. The van der Waals surface area contributed by atoms with Crippen molar-refractivity contribution in [1.82, 2.24) is 25.3 Å². The quantitative estimate of drug-likeness (QED) is 0.319. The topological polar surface area (TPSA) is 152 Å². The van der Waals surface area contributed by atoms with Gasteiger partial charge in [0.1, 0.15) is 17.8 Å². The Balaban J connectivity index is 1.43. The fourth-order valence-electron chi connectivity index (χ4n) is 7.87. The Morgan fingerprint density at radius 1 is 1.06 bits per heavy atom. The summed E-state index contributed by atoms with van der Waals surface area (Å²) in [6.07, 6.45) is -2.46. The van der Waals surface area contributed by atoms with E-state index < -0.39 is 84.2 Å². The van der Waals surface area contributed by atoms with Gasteiger partial charge in [0.15, 0.2) is 5.60 Å². The van der Waals surface area contributed by atoms with E-state index in [1.807, 2.05) is 18.2 Å². The van der Waals surface area contributed by atoms with Gasteiger partial charge in [0.2, 0.25) is 17.7 Å². The minimum atomic E-state index is -4.91. The normalized spacial score (nSPS) is 27.3. The lowest BCUT2D eigenvalue weighted by Crippen LogP contribution is -2.66. The summed E-state index contributed by atoms with van der Waals surface area (Å²) >= 11 is 0. The van der Waals surface area contributed by atoms with Crippen molar-refractivity contribution in [2.45, 2.75) is 114 Å². The molecular formula is C35H50F3N5O7. The Kier molecular flexibility index (Phi) is 11.0. The molecule has 4 aliphatic rings. The number of aliphatic hydroxyl groups is 1. The highest BCUT2D eigenvalue weighted by Crippen LogP contribution is 2.42. The van der Waals surface area contributed by atoms with Crippen molar-refractivity contribution < 1.29 is 47.3 Å². The molecule has 0 unspecified atom stereocenters. The van der Waals surface area contributed by atoms with Crippen molar-refractivity contribution in [1.29, 1.82) is 0 Å². The molecule has 15 heteroatoms. The molecule has 2 saturated heterocycles. The lowest BCUT2D eigenvalue weighted by molar-refractivity contribution is -0.254. The molecule has 1 aromatic carbocycles. The first-order chi connectivity index (χ1) is 23.4. The van der Waals surface area contributed by atoms with Crippen LogP contribution in [0.5, 0.6) is 5.75 Å². The molecule has 5 rings (SSSR count). The molecule has 0 bridgehead atoms. The summed E-state index contributed by atoms with van der Waals surface area (Å²) in [4.78, 5) is 58.4. The van der Waals surface area contributed by atoms with Crippen LogP contribution in [-0.4, -0.2) is 117 Å². The van der Waals surface area contributed by atoms with Gasteiger partial charge in [-0.1, -0.05) is 44.4 Å². The number of alkyl halides is 3. The van der Waals surface area contributed by atoms with Gasteiger partial charge < -0.3 is 35.4 Å². The van der Waals surface area contributed by atoms with Crippen LogP contribution >= 0.6 is 0 Å². The molecular weight excluding hydrogens is 659 g/mol. The molecule has 6 atom stereocenters. The van der Waals surface area contributed by atoms with Crippen LogP contribution in [-0.2, 0) is 14.4 Å². The van der Waals surface area contributed by atoms with Crippen LogP contribution in [0.25, 0.3) is 0 Å². The first-order valence-electron chi connectivity index (χ1n) is 17.6. The van der Waals surface area contributed by atoms with E-state index in [9.17, 15) is 42.6 Å². The first kappa shape index (κ1) is 37.7. The average Bonchev–Trinajstić information content (AvgIpc) is 3.41. The molecule has 1 saturated carbocycles. The summed E-state index contributed by atoms with van der Waals surface area (Å²) in [6.45, 7) is 5.75. The Morgan fingerprint density at radius 2 is 1.74 bits per heavy atom. The van der Waals surface area contributed by atoms with Gasteiger partial charge >= 0.3 is 12.3 Å². The van der Waals surface area contributed by atoms with Crippen molar-refractivity contribution >= 4 is 23.8 Å². The predicted octanol–water partition coefficient (Wildman–Crippen LogP) is 3.68. The molecule has 1 aromatic rings. The van der Waals surface area contributed by atoms with Crippen molar-refractivity contribution in [3.05, 3.63) is 29.8 Å². The lowest BCUT2D eigenvalue weighted by atomic mass is 9.82. The van der Waals surface area contributed by atoms with E-state index in [2.05, 4.69) is 10.6 Å². The number of para-hydroxylation sites is 1. The van der Waals surface area contributed by atoms with Crippen molar-refractivity contribution in [3.8, 4) is 5.75 Å². The van der Waals surface area contributed by atoms with Crippen molar-refractivity contribution in [2.24, 2.45) is 11.8 Å². The number of halogens is 3. The van der Waals surface area contributed by atoms with E-state index in [0.717, 1.165) is 29.7 Å². The molecule has 3 aliphatic heterocycles. The number of hydrogen-bond acceptors (Lipinski definition) is 7. The summed E-state index contributed by atoms with van der Waals surface area (Å²) in [6, 6.07) is 3.63. The van der Waals surface area contributed by atoms with E-state index >= 15 is 0 Å². The molecule has 4 amide bonds. The smallest absolute Gasteiger partial charge is 0.418 e. The van der Waals surface area contributed by atoms with Gasteiger partial charge in [0, 0.05) is 56.2 Å². The molecule has 4 N–H and O–H groups in total. The number of rotatable bonds is 8. The second kappa shape index (κ2) is 14.6. The highest BCUT2D eigenvalue weighted by atomic mass is 19.4. The summed E-state index contributed by atoms with van der Waals surface area (Å²) in [5.74, 6) is -2.16. The number of fused-ring (bicyclic) bond motifs is 2. The van der Waals surface area contributed by atoms with E-state index in [0.29, 0.717) is 31.6 Å². The van der Waals surface area contributed by atoms with E-state index in [1.165, 1.54) is 9.80 Å². The zero-order valence-corrected chi connectivity index (χ0v) is 29.2. The maximum absolute atomic E-state index is 14.7. The fourth-order valence-corrected chi connectivity index (χ4v) is 7.87. The number of piperazine rings is 1. The van der Waals surface area contributed by atoms with Gasteiger partial charge in [-0.15, -0.1) is 0 Å². The number of amides is 4. The molecule has 12 nitrogen and oxygen atoms in total. The molecule has 50 heavy (non-hydrogen) atoms. The minimum Gasteiger partial charge on any atom is -0.493 e. The number of carbonyl (C=O) groups is 4. The number of ether oxygens (including phenoxy) is 1. The number of nitrogens with one attached hydrogen (secondary N) is 2. The number of carboxylic acid groups (broad SMARTS) is 1. The van der Waals surface area contributed by atoms with E-state index in [-0.39, 0.29) is 25.6 Å². The van der Waals surface area contributed by atoms with Crippen LogP contribution in [0.1, 0.15) is 84.2 Å². The standard InChI is InChI=1S/C35H50F3N5O7/c1-21(17-43(32(47)48)33(2,3)4)29(44)40-28(22-10-6-5-7-11-22)31(46)42-18-23-16-34(49,35(36,37)38)20-41(23)19-26(42)30(45)39-25-14-15-50-27-13-9-8-12-24(25)27/h8-9,12-13,21-23,25-26,28,49H,5-7,10-11,14-20H2,1-4H3,(H,39,45)(H,40,44)(H,47,48)/t21-,23+,25+,26-,28-,34+/m0/s1. The van der Waals surface area contributed by atoms with Crippen LogP contribution in [0.4, 0.5) is 18.0 Å². The maximum Gasteiger partial charge on any atom is 0.418 e. The molecule has 1 aliphatic carbocycles. The van der Waals surface area contributed by atoms with Gasteiger partial charge in [-0.2, -0.15) is 13.2 Å². The van der Waals surface area contributed by atoms with E-state index in [4.69, 9.17) is 4.74 Å². The number of carbonyl (C=O) groups excluding carboxylic acids is 3. The molecule has 0 aromatic heterocycles. The third-order valence-electron chi connectivity index (χ3n) is 10.8. The van der Waals surface area contributed by atoms with Crippen LogP contribution in [0, 0.1) is 11.8 Å². The molecule has 3 fully saturated rings. The Labute approximate surface area is 290 Å². The summed E-state index contributed by atoms with van der Waals surface area (Å²) in [7, 11) is 0. The summed E-state index contributed by atoms with van der Waals surface area (Å²) in [5.41, 5.74) is -3.03. The first-order valence-corrected chi connectivity index (χ1v) is 17.6. The zero-order chi connectivity index (χ0) is 36.6. The average molecular weight is 710 g/mol. The molecule has 3 heterocycles. The largest absolute Gasteiger partial charge is 0.493 e. The SMILES string of the molecule is C[C@@H](CN(C(=O)O)C(C)(C)C)C(=O)N[C@H](C(=O)N1C[C@H]2C[C@](O)(C(F)(F)F)CN2C[C@H]1C(=O)N[C@@H]1CCOc2ccccc21)C1CCCCC1. The number of benzene rings is 1. The minimum absolute atomic E-state index is 0.120. The predicted molar refractivity (Wildman–Crippen MR) is 176 cm³/mol. The summed E-state index contributed by atoms with van der Waals surface area (Å²) < 4.78 is 47.8.